The first-order chi connectivity index (χ1) is 8.45. The standard InChI is InChI=1S/C11H15FN2O3S/c1-17-11-6-9(2-3-10(11)12)18(15,16)14-5-4-8(13)7-14/h2-3,6,8H,4-5,7,13H2,1H3/t8-/m1/s1. The summed E-state index contributed by atoms with van der Waals surface area (Å²) in [6.45, 7) is 0.686. The summed E-state index contributed by atoms with van der Waals surface area (Å²) in [4.78, 5) is 0.0230. The van der Waals surface area contributed by atoms with Gasteiger partial charge in [0, 0.05) is 25.2 Å². The molecule has 1 aromatic carbocycles. The molecule has 0 bridgehead atoms. The van der Waals surface area contributed by atoms with Gasteiger partial charge in [-0.05, 0) is 18.6 Å². The molecule has 1 saturated heterocycles. The van der Waals surface area contributed by atoms with Crippen LogP contribution in [0.4, 0.5) is 4.39 Å². The van der Waals surface area contributed by atoms with Crippen molar-refractivity contribution in [1.29, 1.82) is 0 Å². The lowest BCUT2D eigenvalue weighted by Gasteiger charge is -2.16. The van der Waals surface area contributed by atoms with E-state index in [-0.39, 0.29) is 16.7 Å². The number of halogens is 1. The lowest BCUT2D eigenvalue weighted by Crippen LogP contribution is -2.32. The maximum atomic E-state index is 13.2. The fraction of sp³-hybridized carbons (Fsp3) is 0.455. The van der Waals surface area contributed by atoms with E-state index in [1.54, 1.807) is 0 Å². The van der Waals surface area contributed by atoms with Gasteiger partial charge in [0.25, 0.3) is 0 Å². The average Bonchev–Trinajstić information content (AvgIpc) is 2.77. The lowest BCUT2D eigenvalue weighted by molar-refractivity contribution is 0.384. The number of nitrogens with zero attached hydrogens (tertiary/aromatic N) is 1. The summed E-state index contributed by atoms with van der Waals surface area (Å²) in [7, 11) is -2.32. The smallest absolute Gasteiger partial charge is 0.243 e. The van der Waals surface area contributed by atoms with Gasteiger partial charge in [0.15, 0.2) is 11.6 Å². The van der Waals surface area contributed by atoms with E-state index in [4.69, 9.17) is 10.5 Å². The first-order valence-electron chi connectivity index (χ1n) is 5.54. The Morgan fingerprint density at radius 3 is 2.78 bits per heavy atom. The van der Waals surface area contributed by atoms with Crippen LogP contribution in [0, 0.1) is 5.82 Å². The molecule has 5 nitrogen and oxygen atoms in total. The number of hydrogen-bond donors (Lipinski definition) is 1. The lowest BCUT2D eigenvalue weighted by atomic mass is 10.3. The van der Waals surface area contributed by atoms with Crippen LogP contribution in [0.5, 0.6) is 5.75 Å². The topological polar surface area (TPSA) is 72.6 Å². The third kappa shape index (κ3) is 2.33. The highest BCUT2D eigenvalue weighted by Gasteiger charge is 2.31. The Kier molecular flexibility index (Phi) is 3.56. The molecule has 0 radical (unpaired) electrons. The van der Waals surface area contributed by atoms with Gasteiger partial charge in [0.2, 0.25) is 10.0 Å². The summed E-state index contributed by atoms with van der Waals surface area (Å²) >= 11 is 0. The monoisotopic (exact) mass is 274 g/mol. The molecule has 1 aliphatic rings. The van der Waals surface area contributed by atoms with Crippen LogP contribution < -0.4 is 10.5 Å². The number of methoxy groups -OCH3 is 1. The minimum Gasteiger partial charge on any atom is -0.494 e. The third-order valence-electron chi connectivity index (χ3n) is 2.95. The minimum atomic E-state index is -3.61. The van der Waals surface area contributed by atoms with Gasteiger partial charge < -0.3 is 10.5 Å². The van der Waals surface area contributed by atoms with E-state index in [0.717, 1.165) is 6.07 Å². The molecule has 100 valence electrons. The Labute approximate surface area is 105 Å². The van der Waals surface area contributed by atoms with Crippen LogP contribution >= 0.6 is 0 Å². The van der Waals surface area contributed by atoms with E-state index in [1.165, 1.54) is 23.5 Å². The number of benzene rings is 1. The highest BCUT2D eigenvalue weighted by molar-refractivity contribution is 7.89. The second kappa shape index (κ2) is 4.83. The highest BCUT2D eigenvalue weighted by Crippen LogP contribution is 2.25. The van der Waals surface area contributed by atoms with Crippen molar-refractivity contribution >= 4 is 10.0 Å². The summed E-state index contributed by atoms with van der Waals surface area (Å²) < 4.78 is 43.8. The SMILES string of the molecule is COc1cc(S(=O)(=O)N2CC[C@@H](N)C2)ccc1F. The van der Waals surface area contributed by atoms with Gasteiger partial charge in [-0.15, -0.1) is 0 Å². The number of sulfonamides is 1. The fourth-order valence-corrected chi connectivity index (χ4v) is 3.45. The summed E-state index contributed by atoms with van der Waals surface area (Å²) in [5.74, 6) is -0.672. The van der Waals surface area contributed by atoms with Gasteiger partial charge in [-0.25, -0.2) is 12.8 Å². The molecule has 2 N–H and O–H groups in total. The molecule has 0 aromatic heterocycles. The predicted octanol–water partition coefficient (Wildman–Crippen LogP) is 0.556. The molecule has 1 aromatic rings. The quantitative estimate of drug-likeness (QED) is 0.874. The number of rotatable bonds is 3. The van der Waals surface area contributed by atoms with Crippen molar-refractivity contribution in [1.82, 2.24) is 4.31 Å². The van der Waals surface area contributed by atoms with Crippen LogP contribution in [0.1, 0.15) is 6.42 Å². The molecule has 2 rings (SSSR count). The van der Waals surface area contributed by atoms with Gasteiger partial charge in [-0.3, -0.25) is 0 Å². The molecular formula is C11H15FN2O3S. The Bertz CT molecular complexity index is 547. The molecule has 0 aliphatic carbocycles. The Hall–Kier alpha value is -1.18. The number of ether oxygens (including phenoxy) is 1. The third-order valence-corrected chi connectivity index (χ3v) is 4.81. The summed E-state index contributed by atoms with van der Waals surface area (Å²) in [5.41, 5.74) is 5.69. The second-order valence-corrected chi connectivity index (χ2v) is 6.15. The molecule has 0 unspecified atom stereocenters. The summed E-state index contributed by atoms with van der Waals surface area (Å²) in [6, 6.07) is 3.37. The van der Waals surface area contributed by atoms with Crippen LogP contribution in [0.2, 0.25) is 0 Å². The summed E-state index contributed by atoms with van der Waals surface area (Å²) in [6.07, 6.45) is 0.636. The van der Waals surface area contributed by atoms with Gasteiger partial charge in [-0.2, -0.15) is 4.31 Å². The Morgan fingerprint density at radius 2 is 2.22 bits per heavy atom. The number of nitrogens with two attached hydrogens (primary N) is 1. The predicted molar refractivity (Wildman–Crippen MR) is 64.3 cm³/mol. The molecule has 1 fully saturated rings. The van der Waals surface area contributed by atoms with Crippen LogP contribution in [-0.2, 0) is 10.0 Å². The van der Waals surface area contributed by atoms with Gasteiger partial charge >= 0.3 is 0 Å². The average molecular weight is 274 g/mol. The zero-order valence-electron chi connectivity index (χ0n) is 9.97. The molecule has 1 aliphatic heterocycles. The Balaban J connectivity index is 2.35. The molecule has 7 heteroatoms. The van der Waals surface area contributed by atoms with E-state index in [0.29, 0.717) is 19.5 Å². The fourth-order valence-electron chi connectivity index (χ4n) is 1.92. The highest BCUT2D eigenvalue weighted by atomic mass is 32.2. The van der Waals surface area contributed by atoms with Crippen molar-refractivity contribution in [3.05, 3.63) is 24.0 Å². The van der Waals surface area contributed by atoms with Crippen molar-refractivity contribution in [2.45, 2.75) is 17.4 Å². The maximum Gasteiger partial charge on any atom is 0.243 e. The first kappa shape index (κ1) is 13.3. The van der Waals surface area contributed by atoms with E-state index in [2.05, 4.69) is 0 Å². The zero-order valence-corrected chi connectivity index (χ0v) is 10.8. The largest absolute Gasteiger partial charge is 0.494 e. The maximum absolute atomic E-state index is 13.2. The molecular weight excluding hydrogens is 259 g/mol. The van der Waals surface area contributed by atoms with Crippen molar-refractivity contribution < 1.29 is 17.5 Å². The van der Waals surface area contributed by atoms with Gasteiger partial charge in [-0.1, -0.05) is 0 Å². The van der Waals surface area contributed by atoms with E-state index in [1.807, 2.05) is 0 Å². The molecule has 1 atom stereocenters. The minimum absolute atomic E-state index is 0.0230. The normalized spacial score (nSPS) is 21.2. The molecule has 0 spiro atoms. The van der Waals surface area contributed by atoms with Gasteiger partial charge in [0.1, 0.15) is 0 Å². The van der Waals surface area contributed by atoms with Crippen molar-refractivity contribution in [2.75, 3.05) is 20.2 Å². The first-order valence-corrected chi connectivity index (χ1v) is 6.98. The van der Waals surface area contributed by atoms with E-state index >= 15 is 0 Å². The van der Waals surface area contributed by atoms with Crippen LogP contribution in [0.3, 0.4) is 0 Å². The van der Waals surface area contributed by atoms with Crippen LogP contribution in [0.15, 0.2) is 23.1 Å². The number of hydrogen-bond acceptors (Lipinski definition) is 4. The molecule has 0 saturated carbocycles. The molecule has 18 heavy (non-hydrogen) atoms. The zero-order chi connectivity index (χ0) is 13.3. The van der Waals surface area contributed by atoms with E-state index in [9.17, 15) is 12.8 Å². The van der Waals surface area contributed by atoms with E-state index < -0.39 is 15.8 Å². The Morgan fingerprint density at radius 1 is 1.50 bits per heavy atom. The van der Waals surface area contributed by atoms with Gasteiger partial charge in [0.05, 0.1) is 12.0 Å². The van der Waals surface area contributed by atoms with Crippen molar-refractivity contribution in [3.8, 4) is 5.75 Å². The van der Waals surface area contributed by atoms with Crippen molar-refractivity contribution in [3.63, 3.8) is 0 Å². The second-order valence-electron chi connectivity index (χ2n) is 4.21. The van der Waals surface area contributed by atoms with Crippen LogP contribution in [-0.4, -0.2) is 39.0 Å². The van der Waals surface area contributed by atoms with Crippen molar-refractivity contribution in [2.24, 2.45) is 5.73 Å². The van der Waals surface area contributed by atoms with Crippen LogP contribution in [0.25, 0.3) is 0 Å². The summed E-state index contributed by atoms with van der Waals surface area (Å²) in [5, 5.41) is 0. The molecule has 1 heterocycles. The molecule has 0 amide bonds.